The molecule has 1 aromatic heterocycles. The Balaban J connectivity index is 0.00000106. The SMILES string of the molecule is C=C/C=C1\C(=C)CCn2cccc2\C1=C\c1cccc(NS(C)(=O)=O)c1.CC.CC. The van der Waals surface area contributed by atoms with Crippen molar-refractivity contribution in [2.24, 2.45) is 0 Å². The molecule has 0 fully saturated rings. The van der Waals surface area contributed by atoms with E-state index < -0.39 is 10.0 Å². The van der Waals surface area contributed by atoms with Gasteiger partial charge in [-0.3, -0.25) is 4.72 Å². The largest absolute Gasteiger partial charge is 0.347 e. The van der Waals surface area contributed by atoms with E-state index in [1.165, 1.54) is 0 Å². The Hall–Kier alpha value is -2.79. The predicted molar refractivity (Wildman–Crippen MR) is 132 cm³/mol. The zero-order valence-corrected chi connectivity index (χ0v) is 19.6. The zero-order chi connectivity index (χ0) is 22.7. The summed E-state index contributed by atoms with van der Waals surface area (Å²) in [6, 6.07) is 11.5. The number of allylic oxidation sites excluding steroid dienone is 5. The number of nitrogens with one attached hydrogen (secondary N) is 1. The first-order chi connectivity index (χ1) is 14.4. The van der Waals surface area contributed by atoms with Crippen LogP contribution in [0.4, 0.5) is 5.69 Å². The van der Waals surface area contributed by atoms with Gasteiger partial charge in [-0.2, -0.15) is 0 Å². The van der Waals surface area contributed by atoms with Crippen LogP contribution >= 0.6 is 0 Å². The van der Waals surface area contributed by atoms with Crippen molar-refractivity contribution in [3.63, 3.8) is 0 Å². The van der Waals surface area contributed by atoms with Gasteiger partial charge < -0.3 is 4.57 Å². The normalized spacial score (nSPS) is 15.8. The van der Waals surface area contributed by atoms with Crippen LogP contribution in [-0.2, 0) is 16.6 Å². The van der Waals surface area contributed by atoms with E-state index >= 15 is 0 Å². The van der Waals surface area contributed by atoms with Gasteiger partial charge in [-0.15, -0.1) is 0 Å². The summed E-state index contributed by atoms with van der Waals surface area (Å²) < 4.78 is 27.7. The van der Waals surface area contributed by atoms with E-state index in [0.717, 1.165) is 47.2 Å². The molecule has 0 aliphatic carbocycles. The molecule has 1 aliphatic rings. The van der Waals surface area contributed by atoms with Crippen LogP contribution in [0.5, 0.6) is 0 Å². The van der Waals surface area contributed by atoms with E-state index in [1.807, 2.05) is 58.0 Å². The first-order valence-electron chi connectivity index (χ1n) is 10.3. The van der Waals surface area contributed by atoms with Crippen molar-refractivity contribution < 1.29 is 8.42 Å². The Labute approximate surface area is 182 Å². The molecule has 0 saturated heterocycles. The lowest BCUT2D eigenvalue weighted by Crippen LogP contribution is -2.09. The number of aromatic nitrogens is 1. The minimum absolute atomic E-state index is 0.541. The highest BCUT2D eigenvalue weighted by Gasteiger charge is 2.18. The third-order valence-corrected chi connectivity index (χ3v) is 4.82. The first-order valence-corrected chi connectivity index (χ1v) is 12.2. The number of sulfonamides is 1. The Morgan fingerprint density at radius 1 is 1.07 bits per heavy atom. The van der Waals surface area contributed by atoms with Crippen LogP contribution in [0.15, 0.2) is 79.1 Å². The lowest BCUT2D eigenvalue weighted by atomic mass is 9.93. The highest BCUT2D eigenvalue weighted by Crippen LogP contribution is 2.35. The average molecular weight is 427 g/mol. The smallest absolute Gasteiger partial charge is 0.229 e. The van der Waals surface area contributed by atoms with Crippen molar-refractivity contribution in [2.75, 3.05) is 11.0 Å². The van der Waals surface area contributed by atoms with Crippen molar-refractivity contribution in [1.82, 2.24) is 4.57 Å². The number of hydrogen-bond donors (Lipinski definition) is 1. The molecule has 2 heterocycles. The number of rotatable bonds is 4. The number of nitrogens with zero attached hydrogens (tertiary/aromatic N) is 1. The Morgan fingerprint density at radius 3 is 2.40 bits per heavy atom. The molecule has 0 saturated carbocycles. The summed E-state index contributed by atoms with van der Waals surface area (Å²) in [6.45, 7) is 16.9. The van der Waals surface area contributed by atoms with Crippen LogP contribution in [0.2, 0.25) is 0 Å². The van der Waals surface area contributed by atoms with Crippen LogP contribution in [0, 0.1) is 0 Å². The quantitative estimate of drug-likeness (QED) is 0.604. The Morgan fingerprint density at radius 2 is 1.77 bits per heavy atom. The van der Waals surface area contributed by atoms with E-state index in [4.69, 9.17) is 0 Å². The topological polar surface area (TPSA) is 51.1 Å². The molecule has 4 nitrogen and oxygen atoms in total. The minimum atomic E-state index is -3.31. The van der Waals surface area contributed by atoms with Gasteiger partial charge in [-0.1, -0.05) is 65.1 Å². The van der Waals surface area contributed by atoms with Gasteiger partial charge in [0.05, 0.1) is 6.26 Å². The minimum Gasteiger partial charge on any atom is -0.347 e. The van der Waals surface area contributed by atoms with Crippen LogP contribution < -0.4 is 4.72 Å². The number of anilines is 1. The summed E-state index contributed by atoms with van der Waals surface area (Å²) in [6.07, 6.45) is 9.89. The summed E-state index contributed by atoms with van der Waals surface area (Å²) in [5, 5.41) is 0. The summed E-state index contributed by atoms with van der Waals surface area (Å²) in [5.41, 5.74) is 5.72. The van der Waals surface area contributed by atoms with Crippen molar-refractivity contribution in [3.8, 4) is 0 Å². The summed E-state index contributed by atoms with van der Waals surface area (Å²) >= 11 is 0. The molecule has 5 heteroatoms. The van der Waals surface area contributed by atoms with E-state index in [0.29, 0.717) is 5.69 Å². The molecule has 0 unspecified atom stereocenters. The van der Waals surface area contributed by atoms with Gasteiger partial charge in [0.15, 0.2) is 0 Å². The van der Waals surface area contributed by atoms with Gasteiger partial charge in [0.1, 0.15) is 0 Å². The molecule has 0 atom stereocenters. The molecular weight excluding hydrogens is 392 g/mol. The summed E-state index contributed by atoms with van der Waals surface area (Å²) in [7, 11) is -3.31. The van der Waals surface area contributed by atoms with Gasteiger partial charge in [0, 0.05) is 29.7 Å². The number of benzene rings is 1. The maximum absolute atomic E-state index is 11.5. The molecule has 162 valence electrons. The lowest BCUT2D eigenvalue weighted by Gasteiger charge is -2.12. The van der Waals surface area contributed by atoms with Crippen molar-refractivity contribution in [2.45, 2.75) is 40.7 Å². The van der Waals surface area contributed by atoms with E-state index in [1.54, 1.807) is 12.1 Å². The highest BCUT2D eigenvalue weighted by atomic mass is 32.2. The standard InChI is InChI=1S/C21H22N2O2S.2C2H6/c1-4-7-19-16(2)11-13-23-12-6-10-21(23)20(19)15-17-8-5-9-18(14-17)22-26(3,24)25;2*1-2/h4-10,12,14-15,22H,1-2,11,13H2,3H3;2*1-2H3/b19-7+,20-15+;;. The Kier molecular flexibility index (Phi) is 10.1. The maximum Gasteiger partial charge on any atom is 0.229 e. The predicted octanol–water partition coefficient (Wildman–Crippen LogP) is 6.52. The second-order valence-electron chi connectivity index (χ2n) is 6.31. The van der Waals surface area contributed by atoms with Crippen LogP contribution in [0.3, 0.4) is 0 Å². The molecule has 1 N–H and O–H groups in total. The molecule has 2 aromatic rings. The highest BCUT2D eigenvalue weighted by molar-refractivity contribution is 7.92. The van der Waals surface area contributed by atoms with Gasteiger partial charge in [0.2, 0.25) is 10.0 Å². The lowest BCUT2D eigenvalue weighted by molar-refractivity contribution is 0.607. The van der Waals surface area contributed by atoms with Crippen LogP contribution in [0.25, 0.3) is 11.6 Å². The van der Waals surface area contributed by atoms with Gasteiger partial charge in [-0.25, -0.2) is 8.42 Å². The van der Waals surface area contributed by atoms with Crippen LogP contribution in [0.1, 0.15) is 45.4 Å². The molecule has 30 heavy (non-hydrogen) atoms. The molecule has 1 aromatic carbocycles. The third-order valence-electron chi connectivity index (χ3n) is 4.22. The van der Waals surface area contributed by atoms with Gasteiger partial charge in [-0.05, 0) is 53.5 Å². The van der Waals surface area contributed by atoms with Gasteiger partial charge in [0.25, 0.3) is 0 Å². The Bertz CT molecular complexity index is 1020. The first kappa shape index (κ1) is 25.2. The fourth-order valence-corrected chi connectivity index (χ4v) is 3.68. The zero-order valence-electron chi connectivity index (χ0n) is 18.8. The molecular formula is C25H34N2O2S. The van der Waals surface area contributed by atoms with Crippen molar-refractivity contribution in [1.29, 1.82) is 0 Å². The van der Waals surface area contributed by atoms with Crippen LogP contribution in [-0.4, -0.2) is 19.2 Å². The molecule has 0 bridgehead atoms. The number of aryl methyl sites for hydroxylation is 1. The van der Waals surface area contributed by atoms with Crippen molar-refractivity contribution >= 4 is 27.4 Å². The number of hydrogen-bond acceptors (Lipinski definition) is 2. The maximum atomic E-state index is 11.5. The molecule has 0 spiro atoms. The second-order valence-corrected chi connectivity index (χ2v) is 8.06. The van der Waals surface area contributed by atoms with E-state index in [9.17, 15) is 8.42 Å². The van der Waals surface area contributed by atoms with Gasteiger partial charge >= 0.3 is 0 Å². The molecule has 1 aliphatic heterocycles. The summed E-state index contributed by atoms with van der Waals surface area (Å²) in [5.74, 6) is 0. The molecule has 3 rings (SSSR count). The summed E-state index contributed by atoms with van der Waals surface area (Å²) in [4.78, 5) is 0. The molecule has 0 radical (unpaired) electrons. The third kappa shape index (κ3) is 6.92. The molecule has 0 amide bonds. The monoisotopic (exact) mass is 426 g/mol. The van der Waals surface area contributed by atoms with Crippen molar-refractivity contribution in [3.05, 3.63) is 90.3 Å². The fraction of sp³-hybridized carbons (Fsp3) is 0.280. The van der Waals surface area contributed by atoms with E-state index in [-0.39, 0.29) is 0 Å². The average Bonchev–Trinajstić information content (AvgIpc) is 3.15. The fourth-order valence-electron chi connectivity index (χ4n) is 3.12. The second kappa shape index (κ2) is 12.0. The number of fused-ring (bicyclic) bond motifs is 1. The van der Waals surface area contributed by atoms with E-state index in [2.05, 4.69) is 40.8 Å².